The van der Waals surface area contributed by atoms with Gasteiger partial charge in [-0.3, -0.25) is 24.5 Å². The minimum Gasteiger partial charge on any atom is -0.451 e. The van der Waals surface area contributed by atoms with Gasteiger partial charge in [-0.2, -0.15) is 4.98 Å². The number of aromatic nitrogens is 4. The molecule has 1 unspecified atom stereocenters. The second kappa shape index (κ2) is 8.96. The van der Waals surface area contributed by atoms with Crippen LogP contribution >= 0.6 is 22.6 Å². The van der Waals surface area contributed by atoms with Crippen molar-refractivity contribution in [2.24, 2.45) is 5.92 Å². The lowest BCUT2D eigenvalue weighted by Gasteiger charge is -2.21. The molecule has 1 aliphatic heterocycles. The number of aromatic amines is 1. The van der Waals surface area contributed by atoms with Crippen molar-refractivity contribution in [2.75, 3.05) is 5.32 Å². The van der Waals surface area contributed by atoms with Crippen molar-refractivity contribution in [3.05, 3.63) is 52.6 Å². The van der Waals surface area contributed by atoms with E-state index in [2.05, 4.69) is 20.3 Å². The van der Waals surface area contributed by atoms with Gasteiger partial charge in [-0.05, 0) is 34.7 Å². The maximum Gasteiger partial charge on any atom is 0.338 e. The van der Waals surface area contributed by atoms with Crippen LogP contribution < -0.4 is 10.9 Å². The van der Waals surface area contributed by atoms with Crippen molar-refractivity contribution in [1.82, 2.24) is 19.5 Å². The highest BCUT2D eigenvalue weighted by Gasteiger charge is 2.47. The van der Waals surface area contributed by atoms with Crippen LogP contribution in [0.5, 0.6) is 0 Å². The van der Waals surface area contributed by atoms with Crippen LogP contribution in [0.15, 0.2) is 41.5 Å². The van der Waals surface area contributed by atoms with Gasteiger partial charge in [0.15, 0.2) is 23.5 Å². The average Bonchev–Trinajstić information content (AvgIpc) is 3.30. The van der Waals surface area contributed by atoms with Gasteiger partial charge in [0.05, 0.1) is 11.9 Å². The minimum absolute atomic E-state index is 0.00989. The number of rotatable bonds is 5. The quantitative estimate of drug-likeness (QED) is 0.245. The Morgan fingerprint density at radius 1 is 1.31 bits per heavy atom. The van der Waals surface area contributed by atoms with Gasteiger partial charge in [0, 0.05) is 5.92 Å². The number of ether oxygens (including phenoxy) is 2. The zero-order chi connectivity index (χ0) is 23.0. The van der Waals surface area contributed by atoms with Gasteiger partial charge in [0.2, 0.25) is 11.9 Å². The van der Waals surface area contributed by atoms with Crippen LogP contribution in [0.25, 0.3) is 11.2 Å². The molecule has 0 aliphatic carbocycles. The van der Waals surface area contributed by atoms with Crippen molar-refractivity contribution in [3.63, 3.8) is 0 Å². The summed E-state index contributed by atoms with van der Waals surface area (Å²) in [4.78, 5) is 47.9. The number of esters is 1. The first-order valence-corrected chi connectivity index (χ1v) is 11.0. The summed E-state index contributed by atoms with van der Waals surface area (Å²) in [7, 11) is 0. The molecule has 3 aromatic rings. The third kappa shape index (κ3) is 4.25. The summed E-state index contributed by atoms with van der Waals surface area (Å²) >= 11 is 1.89. The lowest BCUT2D eigenvalue weighted by atomic mass is 10.2. The molecule has 1 saturated heterocycles. The van der Waals surface area contributed by atoms with E-state index >= 15 is 0 Å². The topological polar surface area (TPSA) is 148 Å². The maximum atomic E-state index is 12.6. The molecule has 1 amide bonds. The smallest absolute Gasteiger partial charge is 0.338 e. The summed E-state index contributed by atoms with van der Waals surface area (Å²) in [6.45, 7) is 3.41. The third-order valence-corrected chi connectivity index (χ3v) is 5.91. The molecular formula is C20H20IN5O6. The van der Waals surface area contributed by atoms with Gasteiger partial charge < -0.3 is 14.6 Å². The number of nitrogens with zero attached hydrogens (tertiary/aromatic N) is 3. The molecule has 12 heteroatoms. The Balaban J connectivity index is 1.69. The number of H-pyrrole nitrogens is 1. The average molecular weight is 553 g/mol. The fourth-order valence-corrected chi connectivity index (χ4v) is 3.87. The summed E-state index contributed by atoms with van der Waals surface area (Å²) in [5.41, 5.74) is -0.124. The van der Waals surface area contributed by atoms with E-state index in [0.717, 1.165) is 0 Å². The monoisotopic (exact) mass is 553 g/mol. The highest BCUT2D eigenvalue weighted by atomic mass is 127. The molecule has 0 radical (unpaired) electrons. The Morgan fingerprint density at radius 2 is 2.03 bits per heavy atom. The molecule has 168 valence electrons. The van der Waals surface area contributed by atoms with E-state index in [4.69, 9.17) is 9.47 Å². The van der Waals surface area contributed by atoms with Crippen LogP contribution in [0.4, 0.5) is 5.95 Å². The molecule has 2 aromatic heterocycles. The Kier molecular flexibility index (Phi) is 6.26. The van der Waals surface area contributed by atoms with Crippen LogP contribution in [-0.2, 0) is 14.3 Å². The number of nitrogens with one attached hydrogen (secondary N) is 2. The van der Waals surface area contributed by atoms with Crippen LogP contribution in [-0.4, -0.2) is 52.8 Å². The van der Waals surface area contributed by atoms with Gasteiger partial charge in [0.1, 0.15) is 10.2 Å². The molecule has 32 heavy (non-hydrogen) atoms. The van der Waals surface area contributed by atoms with E-state index in [1.165, 1.54) is 10.9 Å². The minimum atomic E-state index is -1.13. The van der Waals surface area contributed by atoms with Crippen molar-refractivity contribution in [1.29, 1.82) is 0 Å². The fraction of sp³-hybridized carbons (Fsp3) is 0.350. The Morgan fingerprint density at radius 3 is 2.72 bits per heavy atom. The number of imidazole rings is 1. The standard InChI is InChI=1S/C20H20IN5O6/c1-9(2)16(28)24-20-23-15-11(17(29)25-20)22-8-26(15)18-13(12(27)14(21)32-18)31-19(30)10-6-4-3-5-7-10/h3-9,12-14,18,27H,1-2H3,(H2,23,24,25,28,29)/t12?,13-,14+,18+/m0/s1. The normalized spacial score (nSPS) is 22.9. The van der Waals surface area contributed by atoms with E-state index in [-0.39, 0.29) is 28.9 Å². The molecule has 4 rings (SSSR count). The number of hydrogen-bond acceptors (Lipinski definition) is 8. The van der Waals surface area contributed by atoms with Crippen molar-refractivity contribution in [3.8, 4) is 0 Å². The second-order valence-electron chi connectivity index (χ2n) is 7.49. The second-order valence-corrected chi connectivity index (χ2v) is 8.71. The number of fused-ring (bicyclic) bond motifs is 1. The lowest BCUT2D eigenvalue weighted by molar-refractivity contribution is -0.118. The van der Waals surface area contributed by atoms with Crippen LogP contribution in [0.1, 0.15) is 30.4 Å². The number of benzene rings is 1. The van der Waals surface area contributed by atoms with Crippen LogP contribution in [0.3, 0.4) is 0 Å². The van der Waals surface area contributed by atoms with Gasteiger partial charge in [0.25, 0.3) is 5.56 Å². The Bertz CT molecular complexity index is 1210. The maximum absolute atomic E-state index is 12.6. The molecule has 0 saturated carbocycles. The predicted octanol–water partition coefficient (Wildman–Crippen LogP) is 1.59. The Labute approximate surface area is 195 Å². The number of aliphatic hydroxyl groups is 1. The fourth-order valence-electron chi connectivity index (χ4n) is 3.16. The number of alkyl halides is 1. The first kappa shape index (κ1) is 22.4. The van der Waals surface area contributed by atoms with Gasteiger partial charge in [-0.25, -0.2) is 9.78 Å². The van der Waals surface area contributed by atoms with Gasteiger partial charge in [-0.1, -0.05) is 32.0 Å². The van der Waals surface area contributed by atoms with Crippen LogP contribution in [0.2, 0.25) is 0 Å². The largest absolute Gasteiger partial charge is 0.451 e. The first-order valence-electron chi connectivity index (χ1n) is 9.77. The summed E-state index contributed by atoms with van der Waals surface area (Å²) in [6.07, 6.45) is -1.90. The van der Waals surface area contributed by atoms with Crippen molar-refractivity contribution in [2.45, 2.75) is 36.4 Å². The number of carbonyl (C=O) groups is 2. The number of carbonyl (C=O) groups excluding carboxylic acids is 2. The zero-order valence-corrected chi connectivity index (χ0v) is 19.2. The molecule has 3 N–H and O–H groups in total. The molecule has 1 aromatic carbocycles. The van der Waals surface area contributed by atoms with Gasteiger partial charge >= 0.3 is 5.97 Å². The van der Waals surface area contributed by atoms with E-state index in [9.17, 15) is 19.5 Å². The third-order valence-electron chi connectivity index (χ3n) is 4.88. The number of anilines is 1. The number of amides is 1. The SMILES string of the molecule is CC(C)C(=O)Nc1nc2c(ncn2[C@@H]2O[C@@H](I)C(O)[C@@H]2OC(=O)c2ccccc2)c(=O)[nH]1. The molecule has 3 heterocycles. The van der Waals surface area contributed by atoms with E-state index in [0.29, 0.717) is 5.56 Å². The van der Waals surface area contributed by atoms with Crippen molar-refractivity contribution < 1.29 is 24.2 Å². The highest BCUT2D eigenvalue weighted by Crippen LogP contribution is 2.36. The summed E-state index contributed by atoms with van der Waals surface area (Å²) in [6, 6.07) is 8.36. The molecule has 0 bridgehead atoms. The van der Waals surface area contributed by atoms with E-state index < -0.39 is 34.1 Å². The molecule has 0 spiro atoms. The summed E-state index contributed by atoms with van der Waals surface area (Å²) in [5.74, 6) is -1.33. The number of hydrogen-bond donors (Lipinski definition) is 3. The lowest BCUT2D eigenvalue weighted by Crippen LogP contribution is -2.34. The predicted molar refractivity (Wildman–Crippen MR) is 121 cm³/mol. The van der Waals surface area contributed by atoms with Gasteiger partial charge in [-0.15, -0.1) is 0 Å². The molecule has 4 atom stereocenters. The first-order chi connectivity index (χ1) is 15.3. The Hall–Kier alpha value is -2.84. The zero-order valence-electron chi connectivity index (χ0n) is 17.1. The molecule has 1 fully saturated rings. The molecular weight excluding hydrogens is 533 g/mol. The number of halogens is 1. The van der Waals surface area contributed by atoms with E-state index in [1.54, 1.807) is 44.2 Å². The molecule has 1 aliphatic rings. The van der Waals surface area contributed by atoms with Crippen molar-refractivity contribution >= 4 is 51.6 Å². The number of aliphatic hydroxyl groups excluding tert-OH is 1. The summed E-state index contributed by atoms with van der Waals surface area (Å²) < 4.78 is 12.1. The molecule has 11 nitrogen and oxygen atoms in total. The summed E-state index contributed by atoms with van der Waals surface area (Å²) in [5, 5.41) is 13.1. The van der Waals surface area contributed by atoms with E-state index in [1.807, 2.05) is 22.6 Å². The highest BCUT2D eigenvalue weighted by molar-refractivity contribution is 14.1. The van der Waals surface area contributed by atoms with Crippen LogP contribution in [0, 0.1) is 5.92 Å².